The molecule has 4 heteroatoms. The van der Waals surface area contributed by atoms with Gasteiger partial charge in [0.2, 0.25) is 0 Å². The average Bonchev–Trinajstić information content (AvgIpc) is 3.24. The van der Waals surface area contributed by atoms with Crippen molar-refractivity contribution < 1.29 is 4.74 Å². The number of rotatable bonds is 4. The van der Waals surface area contributed by atoms with Crippen molar-refractivity contribution in [2.75, 3.05) is 11.9 Å². The zero-order chi connectivity index (χ0) is 15.2. The van der Waals surface area contributed by atoms with Crippen molar-refractivity contribution in [1.82, 2.24) is 9.97 Å². The molecule has 2 saturated carbocycles. The summed E-state index contributed by atoms with van der Waals surface area (Å²) in [4.78, 5) is 9.82. The molecule has 1 aromatic heterocycles. The Hall–Kier alpha value is -1.68. The van der Waals surface area contributed by atoms with E-state index in [2.05, 4.69) is 23.5 Å². The number of benzene rings is 1. The lowest BCUT2D eigenvalue weighted by molar-refractivity contribution is -0.0518. The molecule has 2 heterocycles. The summed E-state index contributed by atoms with van der Waals surface area (Å²) in [6, 6.07) is 7.00. The van der Waals surface area contributed by atoms with Gasteiger partial charge in [0, 0.05) is 23.8 Å². The van der Waals surface area contributed by atoms with Crippen LogP contribution in [0.15, 0.2) is 18.2 Å². The van der Waals surface area contributed by atoms with Crippen LogP contribution in [0.4, 0.5) is 5.82 Å². The molecule has 4 nitrogen and oxygen atoms in total. The number of hydrogen-bond donors (Lipinski definition) is 1. The first-order chi connectivity index (χ1) is 11.4. The molecule has 1 N–H and O–H groups in total. The largest absolute Gasteiger partial charge is 0.373 e. The lowest BCUT2D eigenvalue weighted by Crippen LogP contribution is -2.21. The van der Waals surface area contributed by atoms with Gasteiger partial charge >= 0.3 is 0 Å². The number of fused-ring (bicyclic) bond motifs is 1. The van der Waals surface area contributed by atoms with Crippen molar-refractivity contribution in [2.45, 2.75) is 63.0 Å². The maximum atomic E-state index is 5.76. The van der Waals surface area contributed by atoms with Gasteiger partial charge < -0.3 is 10.1 Å². The van der Waals surface area contributed by atoms with Gasteiger partial charge in [0.05, 0.1) is 18.2 Å². The van der Waals surface area contributed by atoms with Crippen LogP contribution < -0.4 is 5.32 Å². The van der Waals surface area contributed by atoms with E-state index in [1.54, 1.807) is 0 Å². The highest BCUT2D eigenvalue weighted by atomic mass is 16.5. The van der Waals surface area contributed by atoms with Crippen LogP contribution in [-0.4, -0.2) is 22.6 Å². The Balaban J connectivity index is 1.63. The highest BCUT2D eigenvalue weighted by molar-refractivity contribution is 5.92. The molecule has 3 fully saturated rings. The molecule has 1 atom stereocenters. The van der Waals surface area contributed by atoms with Crippen molar-refractivity contribution in [2.24, 2.45) is 0 Å². The minimum atomic E-state index is 0.221. The Morgan fingerprint density at radius 2 is 1.83 bits per heavy atom. The third-order valence-corrected chi connectivity index (χ3v) is 5.46. The van der Waals surface area contributed by atoms with Gasteiger partial charge in [0.15, 0.2) is 0 Å². The van der Waals surface area contributed by atoms with E-state index in [0.29, 0.717) is 12.0 Å². The molecule has 0 amide bonds. The fourth-order valence-corrected chi connectivity index (χ4v) is 3.87. The van der Waals surface area contributed by atoms with Crippen LogP contribution in [0.25, 0.3) is 10.9 Å². The van der Waals surface area contributed by atoms with E-state index in [4.69, 9.17) is 14.7 Å². The van der Waals surface area contributed by atoms with Crippen molar-refractivity contribution in [3.8, 4) is 0 Å². The first-order valence-electron chi connectivity index (χ1n) is 9.07. The molecular weight excluding hydrogens is 286 g/mol. The van der Waals surface area contributed by atoms with Gasteiger partial charge in [-0.1, -0.05) is 25.0 Å². The van der Waals surface area contributed by atoms with Crippen molar-refractivity contribution in [3.05, 3.63) is 29.6 Å². The van der Waals surface area contributed by atoms with E-state index in [1.165, 1.54) is 49.5 Å². The molecule has 0 radical (unpaired) electrons. The van der Waals surface area contributed by atoms with E-state index in [0.717, 1.165) is 30.2 Å². The predicted octanol–water partition coefficient (Wildman–Crippen LogP) is 4.32. The summed E-state index contributed by atoms with van der Waals surface area (Å²) in [5.74, 6) is 2.66. The van der Waals surface area contributed by atoms with Crippen LogP contribution in [-0.2, 0) is 4.74 Å². The van der Waals surface area contributed by atoms with Crippen LogP contribution in [0.3, 0.4) is 0 Å². The topological polar surface area (TPSA) is 47.0 Å². The first-order valence-corrected chi connectivity index (χ1v) is 9.07. The number of nitrogens with zero attached hydrogens (tertiary/aromatic N) is 2. The maximum absolute atomic E-state index is 5.76. The lowest BCUT2D eigenvalue weighted by atomic mass is 9.98. The van der Waals surface area contributed by atoms with Crippen LogP contribution in [0.2, 0.25) is 0 Å². The third-order valence-electron chi connectivity index (χ3n) is 5.46. The monoisotopic (exact) mass is 309 g/mol. The number of anilines is 1. The summed E-state index contributed by atoms with van der Waals surface area (Å²) in [6.07, 6.45) is 8.96. The fraction of sp³-hybridized carbons (Fsp3) is 0.579. The van der Waals surface area contributed by atoms with Crippen LogP contribution in [0.1, 0.15) is 68.4 Å². The molecule has 1 aliphatic heterocycles. The summed E-state index contributed by atoms with van der Waals surface area (Å²) in [6.45, 7) is 0.869. The SMILES string of the molecule is c1cc(C2CCO2)c2c(NC3CCCC3)nc(C3CC3)nc2c1. The summed E-state index contributed by atoms with van der Waals surface area (Å²) < 4.78 is 5.76. The van der Waals surface area contributed by atoms with E-state index in [9.17, 15) is 0 Å². The highest BCUT2D eigenvalue weighted by Crippen LogP contribution is 2.42. The Kier molecular flexibility index (Phi) is 3.25. The molecule has 2 aromatic rings. The van der Waals surface area contributed by atoms with Crippen molar-refractivity contribution in [3.63, 3.8) is 0 Å². The second kappa shape index (κ2) is 5.45. The Morgan fingerprint density at radius 3 is 2.52 bits per heavy atom. The third kappa shape index (κ3) is 2.49. The predicted molar refractivity (Wildman–Crippen MR) is 90.7 cm³/mol. The van der Waals surface area contributed by atoms with E-state index < -0.39 is 0 Å². The van der Waals surface area contributed by atoms with Crippen LogP contribution >= 0.6 is 0 Å². The number of aromatic nitrogens is 2. The zero-order valence-corrected chi connectivity index (χ0v) is 13.4. The zero-order valence-electron chi connectivity index (χ0n) is 13.4. The molecule has 1 aromatic carbocycles. The minimum absolute atomic E-state index is 0.221. The lowest BCUT2D eigenvalue weighted by Gasteiger charge is -2.28. The molecule has 23 heavy (non-hydrogen) atoms. The Labute approximate surface area is 136 Å². The van der Waals surface area contributed by atoms with Crippen molar-refractivity contribution in [1.29, 1.82) is 0 Å². The number of nitrogens with one attached hydrogen (secondary N) is 1. The fourth-order valence-electron chi connectivity index (χ4n) is 3.87. The van der Waals surface area contributed by atoms with E-state index in [1.807, 2.05) is 0 Å². The molecule has 2 aliphatic carbocycles. The Morgan fingerprint density at radius 1 is 1.00 bits per heavy atom. The highest BCUT2D eigenvalue weighted by Gasteiger charge is 2.30. The van der Waals surface area contributed by atoms with Crippen LogP contribution in [0.5, 0.6) is 0 Å². The van der Waals surface area contributed by atoms with Gasteiger partial charge in [0.25, 0.3) is 0 Å². The molecule has 120 valence electrons. The Bertz CT molecular complexity index is 731. The van der Waals surface area contributed by atoms with E-state index >= 15 is 0 Å². The summed E-state index contributed by atoms with van der Waals surface area (Å²) >= 11 is 0. The first kappa shape index (κ1) is 13.7. The molecule has 0 spiro atoms. The van der Waals surface area contributed by atoms with Gasteiger partial charge in [-0.3, -0.25) is 0 Å². The smallest absolute Gasteiger partial charge is 0.138 e. The standard InChI is InChI=1S/C19H23N3O/c1-2-5-13(4-1)20-19-17-14(16-10-11-23-16)6-3-7-15(17)21-18(22-19)12-8-9-12/h3,6-7,12-13,16H,1-2,4-5,8-11H2,(H,20,21,22). The molecule has 0 bridgehead atoms. The van der Waals surface area contributed by atoms with E-state index in [-0.39, 0.29) is 6.10 Å². The van der Waals surface area contributed by atoms with Gasteiger partial charge in [-0.15, -0.1) is 0 Å². The molecule has 5 rings (SSSR count). The summed E-state index contributed by atoms with van der Waals surface area (Å²) in [7, 11) is 0. The van der Waals surface area contributed by atoms with Gasteiger partial charge in [-0.25, -0.2) is 9.97 Å². The number of ether oxygens (including phenoxy) is 1. The second-order valence-electron chi connectivity index (χ2n) is 7.22. The average molecular weight is 309 g/mol. The van der Waals surface area contributed by atoms with Crippen molar-refractivity contribution >= 4 is 16.7 Å². The molecule has 1 unspecified atom stereocenters. The van der Waals surface area contributed by atoms with Gasteiger partial charge in [-0.05, 0) is 37.3 Å². The van der Waals surface area contributed by atoms with Crippen LogP contribution in [0, 0.1) is 0 Å². The quantitative estimate of drug-likeness (QED) is 0.913. The normalized spacial score (nSPS) is 24.8. The molecule has 3 aliphatic rings. The van der Waals surface area contributed by atoms with Gasteiger partial charge in [0.1, 0.15) is 11.6 Å². The maximum Gasteiger partial charge on any atom is 0.138 e. The minimum Gasteiger partial charge on any atom is -0.373 e. The second-order valence-corrected chi connectivity index (χ2v) is 7.22. The summed E-state index contributed by atoms with van der Waals surface area (Å²) in [5, 5.41) is 4.93. The summed E-state index contributed by atoms with van der Waals surface area (Å²) in [5.41, 5.74) is 2.34. The number of hydrogen-bond acceptors (Lipinski definition) is 4. The molecule has 1 saturated heterocycles. The van der Waals surface area contributed by atoms with Gasteiger partial charge in [-0.2, -0.15) is 0 Å². The molecular formula is C19H23N3O.